The van der Waals surface area contributed by atoms with Crippen molar-refractivity contribution in [3.63, 3.8) is 0 Å². The summed E-state index contributed by atoms with van der Waals surface area (Å²) in [5, 5.41) is 12.7. The zero-order valence-corrected chi connectivity index (χ0v) is 13.7. The number of aromatic hydroxyl groups is 1. The molecule has 24 heavy (non-hydrogen) atoms. The lowest BCUT2D eigenvalue weighted by Crippen LogP contribution is -2.46. The number of hydrogen-bond donors (Lipinski definition) is 2. The van der Waals surface area contributed by atoms with E-state index in [1.807, 2.05) is 0 Å². The van der Waals surface area contributed by atoms with E-state index in [0.29, 0.717) is 32.3 Å². The molecule has 7 nitrogen and oxygen atoms in total. The van der Waals surface area contributed by atoms with E-state index in [2.05, 4.69) is 10.2 Å². The normalized spacial score (nSPS) is 18.1. The molecule has 130 valence electrons. The van der Waals surface area contributed by atoms with Crippen LogP contribution in [0.5, 0.6) is 5.75 Å². The van der Waals surface area contributed by atoms with Crippen molar-refractivity contribution in [2.24, 2.45) is 0 Å². The van der Waals surface area contributed by atoms with E-state index < -0.39 is 0 Å². The van der Waals surface area contributed by atoms with Crippen LogP contribution in [0, 0.1) is 0 Å². The second-order valence-corrected chi connectivity index (χ2v) is 6.16. The molecule has 2 heterocycles. The summed E-state index contributed by atoms with van der Waals surface area (Å²) in [5.41, 5.74) is 2.18. The van der Waals surface area contributed by atoms with Crippen molar-refractivity contribution in [3.8, 4) is 5.75 Å². The van der Waals surface area contributed by atoms with Gasteiger partial charge in [-0.15, -0.1) is 0 Å². The highest BCUT2D eigenvalue weighted by molar-refractivity contribution is 5.80. The maximum Gasteiger partial charge on any atom is 0.317 e. The van der Waals surface area contributed by atoms with Crippen molar-refractivity contribution in [1.29, 1.82) is 0 Å². The average Bonchev–Trinajstić information content (AvgIpc) is 2.61. The molecule has 1 fully saturated rings. The molecule has 2 aliphatic rings. The molecule has 1 aromatic rings. The van der Waals surface area contributed by atoms with Gasteiger partial charge in [0.25, 0.3) is 0 Å². The Labute approximate surface area is 141 Å². The van der Waals surface area contributed by atoms with Crippen molar-refractivity contribution >= 4 is 12.3 Å². The maximum atomic E-state index is 12.3. The first kappa shape index (κ1) is 16.7. The van der Waals surface area contributed by atoms with E-state index in [-0.39, 0.29) is 17.3 Å². The monoisotopic (exact) mass is 333 g/mol. The van der Waals surface area contributed by atoms with Crippen LogP contribution in [0.25, 0.3) is 0 Å². The van der Waals surface area contributed by atoms with Gasteiger partial charge < -0.3 is 20.1 Å². The number of urea groups is 1. The van der Waals surface area contributed by atoms with E-state index in [1.165, 1.54) is 0 Å². The SMILES string of the molecule is O=Cc1cc2c(cc1O)CCN(C(=O)NCCN1CCOCC1)C2. The van der Waals surface area contributed by atoms with Gasteiger partial charge in [0.05, 0.1) is 18.8 Å². The van der Waals surface area contributed by atoms with Gasteiger partial charge in [-0.2, -0.15) is 0 Å². The van der Waals surface area contributed by atoms with E-state index in [1.54, 1.807) is 17.0 Å². The van der Waals surface area contributed by atoms with Crippen LogP contribution < -0.4 is 5.32 Å². The van der Waals surface area contributed by atoms with Crippen molar-refractivity contribution in [3.05, 3.63) is 28.8 Å². The van der Waals surface area contributed by atoms with Crippen molar-refractivity contribution < 1.29 is 19.4 Å². The molecule has 1 saturated heterocycles. The number of fused-ring (bicyclic) bond motifs is 1. The standard InChI is InChI=1S/C17H23N3O4/c21-12-15-9-14-11-20(3-1-13(14)10-16(15)22)17(23)18-2-4-19-5-7-24-8-6-19/h9-10,12,22H,1-8,11H2,(H,18,23). The molecular weight excluding hydrogens is 310 g/mol. The van der Waals surface area contributed by atoms with Crippen molar-refractivity contribution in [2.45, 2.75) is 13.0 Å². The number of hydrogen-bond acceptors (Lipinski definition) is 5. The number of carbonyl (C=O) groups excluding carboxylic acids is 2. The predicted octanol–water partition coefficient (Wildman–Crippen LogP) is 0.605. The number of rotatable bonds is 4. The highest BCUT2D eigenvalue weighted by Crippen LogP contribution is 2.26. The van der Waals surface area contributed by atoms with E-state index in [9.17, 15) is 14.7 Å². The summed E-state index contributed by atoms with van der Waals surface area (Å²) in [7, 11) is 0. The Hall–Kier alpha value is -2.12. The molecule has 0 saturated carbocycles. The second kappa shape index (κ2) is 7.63. The van der Waals surface area contributed by atoms with Gasteiger partial charge in [0.15, 0.2) is 6.29 Å². The number of amides is 2. The Morgan fingerprint density at radius 3 is 2.79 bits per heavy atom. The highest BCUT2D eigenvalue weighted by atomic mass is 16.5. The van der Waals surface area contributed by atoms with Crippen LogP contribution >= 0.6 is 0 Å². The number of phenols is 1. The molecule has 2 aliphatic heterocycles. The van der Waals surface area contributed by atoms with Gasteiger partial charge in [0, 0.05) is 39.3 Å². The lowest BCUT2D eigenvalue weighted by Gasteiger charge is -2.30. The van der Waals surface area contributed by atoms with Gasteiger partial charge in [-0.25, -0.2) is 4.79 Å². The third kappa shape index (κ3) is 3.85. The van der Waals surface area contributed by atoms with E-state index >= 15 is 0 Å². The quantitative estimate of drug-likeness (QED) is 0.789. The number of benzene rings is 1. The Balaban J connectivity index is 1.52. The van der Waals surface area contributed by atoms with Crippen LogP contribution in [0.15, 0.2) is 12.1 Å². The van der Waals surface area contributed by atoms with E-state index in [0.717, 1.165) is 44.0 Å². The lowest BCUT2D eigenvalue weighted by molar-refractivity contribution is 0.0385. The third-order valence-electron chi connectivity index (χ3n) is 4.58. The summed E-state index contributed by atoms with van der Waals surface area (Å²) in [6.45, 7) is 5.82. The lowest BCUT2D eigenvalue weighted by atomic mass is 9.97. The van der Waals surface area contributed by atoms with Gasteiger partial charge in [-0.3, -0.25) is 9.69 Å². The average molecular weight is 333 g/mol. The first-order chi connectivity index (χ1) is 11.7. The first-order valence-corrected chi connectivity index (χ1v) is 8.30. The summed E-state index contributed by atoms with van der Waals surface area (Å²) in [4.78, 5) is 27.3. The van der Waals surface area contributed by atoms with E-state index in [4.69, 9.17) is 4.74 Å². The van der Waals surface area contributed by atoms with Crippen LogP contribution in [-0.4, -0.2) is 73.2 Å². The number of nitrogens with one attached hydrogen (secondary N) is 1. The summed E-state index contributed by atoms with van der Waals surface area (Å²) < 4.78 is 5.30. The fourth-order valence-corrected chi connectivity index (χ4v) is 3.14. The molecule has 3 rings (SSSR count). The van der Waals surface area contributed by atoms with Crippen LogP contribution in [0.2, 0.25) is 0 Å². The topological polar surface area (TPSA) is 82.1 Å². The molecule has 2 amide bonds. The number of ether oxygens (including phenoxy) is 1. The minimum absolute atomic E-state index is 0.00663. The van der Waals surface area contributed by atoms with Crippen molar-refractivity contribution in [2.75, 3.05) is 45.9 Å². The summed E-state index contributed by atoms with van der Waals surface area (Å²) >= 11 is 0. The third-order valence-corrected chi connectivity index (χ3v) is 4.58. The summed E-state index contributed by atoms with van der Waals surface area (Å²) in [6, 6.07) is 3.21. The fraction of sp³-hybridized carbons (Fsp3) is 0.529. The molecule has 1 aromatic carbocycles. The smallest absolute Gasteiger partial charge is 0.317 e. The molecule has 0 aliphatic carbocycles. The van der Waals surface area contributed by atoms with Gasteiger partial charge in [-0.1, -0.05) is 0 Å². The Morgan fingerprint density at radius 1 is 1.25 bits per heavy atom. The molecule has 0 spiro atoms. The highest BCUT2D eigenvalue weighted by Gasteiger charge is 2.22. The van der Waals surface area contributed by atoms with Crippen molar-refractivity contribution in [1.82, 2.24) is 15.1 Å². The molecule has 0 radical (unpaired) electrons. The first-order valence-electron chi connectivity index (χ1n) is 8.30. The molecule has 0 atom stereocenters. The van der Waals surface area contributed by atoms with Gasteiger partial charge in [0.2, 0.25) is 0 Å². The number of carbonyl (C=O) groups is 2. The summed E-state index contributed by atoms with van der Waals surface area (Å²) in [5.74, 6) is 0.00663. The summed E-state index contributed by atoms with van der Waals surface area (Å²) in [6.07, 6.45) is 1.32. The fourth-order valence-electron chi connectivity index (χ4n) is 3.14. The number of morpholine rings is 1. The van der Waals surface area contributed by atoms with Gasteiger partial charge >= 0.3 is 6.03 Å². The molecule has 0 bridgehead atoms. The minimum Gasteiger partial charge on any atom is -0.507 e. The zero-order chi connectivity index (χ0) is 16.9. The Morgan fingerprint density at radius 2 is 2.04 bits per heavy atom. The van der Waals surface area contributed by atoms with Crippen LogP contribution in [0.3, 0.4) is 0 Å². The Bertz CT molecular complexity index is 614. The molecule has 7 heteroatoms. The molecular formula is C17H23N3O4. The maximum absolute atomic E-state index is 12.3. The Kier molecular flexibility index (Phi) is 5.32. The minimum atomic E-state index is -0.0883. The predicted molar refractivity (Wildman–Crippen MR) is 88.3 cm³/mol. The van der Waals surface area contributed by atoms with Crippen LogP contribution in [0.4, 0.5) is 4.79 Å². The van der Waals surface area contributed by atoms with Gasteiger partial charge in [-0.05, 0) is 29.7 Å². The molecule has 0 unspecified atom stereocenters. The zero-order valence-electron chi connectivity index (χ0n) is 13.7. The van der Waals surface area contributed by atoms with Gasteiger partial charge in [0.1, 0.15) is 5.75 Å². The molecule has 2 N–H and O–H groups in total. The molecule has 0 aromatic heterocycles. The number of nitrogens with zero attached hydrogens (tertiary/aromatic N) is 2. The number of aldehydes is 1. The second-order valence-electron chi connectivity index (χ2n) is 6.16. The van der Waals surface area contributed by atoms with Crippen LogP contribution in [0.1, 0.15) is 21.5 Å². The van der Waals surface area contributed by atoms with Crippen LogP contribution in [-0.2, 0) is 17.7 Å². The number of phenolic OH excluding ortho intramolecular Hbond substituents is 1. The largest absolute Gasteiger partial charge is 0.507 e.